The molecule has 2 N–H and O–H groups in total. The van der Waals surface area contributed by atoms with E-state index in [-0.39, 0.29) is 11.6 Å². The Morgan fingerprint density at radius 1 is 1.19 bits per heavy atom. The molecule has 0 fully saturated rings. The summed E-state index contributed by atoms with van der Waals surface area (Å²) in [6.07, 6.45) is -3.72. The molecule has 1 aromatic carbocycles. The number of ether oxygens (including phenoxy) is 1. The number of hydrogen-bond acceptors (Lipinski definition) is 3. The zero-order valence-electron chi connectivity index (χ0n) is 11.4. The number of aryl methyl sites for hydroxylation is 1. The first kappa shape index (κ1) is 15.3. The number of rotatable bonds is 4. The Hall–Kier alpha value is -2.08. The summed E-state index contributed by atoms with van der Waals surface area (Å²) >= 11 is 0. The van der Waals surface area contributed by atoms with Gasteiger partial charge in [-0.2, -0.15) is 13.2 Å². The molecule has 2 rings (SSSR count). The minimum absolute atomic E-state index is 0.0912. The van der Waals surface area contributed by atoms with Crippen molar-refractivity contribution in [2.75, 3.05) is 0 Å². The molecule has 0 aliphatic heterocycles. The lowest BCUT2D eigenvalue weighted by Gasteiger charge is -2.11. The van der Waals surface area contributed by atoms with Crippen LogP contribution in [0.15, 0.2) is 36.4 Å². The third-order valence-electron chi connectivity index (χ3n) is 2.90. The van der Waals surface area contributed by atoms with Crippen LogP contribution >= 0.6 is 0 Å². The average molecular weight is 296 g/mol. The van der Waals surface area contributed by atoms with Crippen molar-refractivity contribution in [3.8, 4) is 11.6 Å². The van der Waals surface area contributed by atoms with E-state index < -0.39 is 11.7 Å². The molecule has 0 atom stereocenters. The van der Waals surface area contributed by atoms with Gasteiger partial charge in [-0.1, -0.05) is 13.0 Å². The van der Waals surface area contributed by atoms with Crippen molar-refractivity contribution in [3.05, 3.63) is 53.2 Å². The van der Waals surface area contributed by atoms with E-state index in [1.165, 1.54) is 12.1 Å². The molecule has 3 nitrogen and oxygen atoms in total. The van der Waals surface area contributed by atoms with Gasteiger partial charge in [0.15, 0.2) is 0 Å². The van der Waals surface area contributed by atoms with Crippen LogP contribution in [0.4, 0.5) is 13.2 Å². The smallest absolute Gasteiger partial charge is 0.416 e. The maximum atomic E-state index is 12.7. The van der Waals surface area contributed by atoms with Crippen LogP contribution in [0.1, 0.15) is 23.7 Å². The maximum Gasteiger partial charge on any atom is 0.416 e. The largest absolute Gasteiger partial charge is 0.439 e. The van der Waals surface area contributed by atoms with Crippen LogP contribution in [0.5, 0.6) is 11.6 Å². The van der Waals surface area contributed by atoms with Gasteiger partial charge in [-0.3, -0.25) is 0 Å². The number of hydrogen-bond donors (Lipinski definition) is 1. The molecule has 1 heterocycles. The van der Waals surface area contributed by atoms with Crippen molar-refractivity contribution in [3.63, 3.8) is 0 Å². The quantitative estimate of drug-likeness (QED) is 0.930. The zero-order chi connectivity index (χ0) is 15.5. The van der Waals surface area contributed by atoms with Crippen LogP contribution in [-0.4, -0.2) is 4.98 Å². The first-order valence-corrected chi connectivity index (χ1v) is 6.47. The number of alkyl halides is 3. The van der Waals surface area contributed by atoms with Crippen LogP contribution in [0.2, 0.25) is 0 Å². The van der Waals surface area contributed by atoms with Gasteiger partial charge in [-0.15, -0.1) is 0 Å². The predicted molar refractivity (Wildman–Crippen MR) is 73.0 cm³/mol. The van der Waals surface area contributed by atoms with Crippen molar-refractivity contribution in [2.45, 2.75) is 26.1 Å². The Bertz CT molecular complexity index is 604. The highest BCUT2D eigenvalue weighted by molar-refractivity contribution is 5.34. The summed E-state index contributed by atoms with van der Waals surface area (Å²) in [5, 5.41) is 0. The first-order chi connectivity index (χ1) is 9.92. The molecule has 1 aromatic heterocycles. The van der Waals surface area contributed by atoms with Crippen LogP contribution < -0.4 is 10.5 Å². The molecule has 21 heavy (non-hydrogen) atoms. The number of aromatic nitrogens is 1. The van der Waals surface area contributed by atoms with Gasteiger partial charge < -0.3 is 10.5 Å². The van der Waals surface area contributed by atoms with E-state index in [1.54, 1.807) is 6.07 Å². The Morgan fingerprint density at radius 3 is 2.57 bits per heavy atom. The molecule has 6 heteroatoms. The highest BCUT2D eigenvalue weighted by Gasteiger charge is 2.30. The molecule has 112 valence electrons. The molecule has 0 aliphatic carbocycles. The average Bonchev–Trinajstić information content (AvgIpc) is 2.46. The molecule has 0 bridgehead atoms. The van der Waals surface area contributed by atoms with Gasteiger partial charge in [0.25, 0.3) is 0 Å². The third kappa shape index (κ3) is 3.95. The molecule has 0 saturated carbocycles. The van der Waals surface area contributed by atoms with Crippen LogP contribution in [0, 0.1) is 0 Å². The molecule has 0 radical (unpaired) electrons. The fourth-order valence-corrected chi connectivity index (χ4v) is 1.83. The number of nitrogens with zero attached hydrogens (tertiary/aromatic N) is 1. The van der Waals surface area contributed by atoms with Crippen molar-refractivity contribution in [1.29, 1.82) is 0 Å². The standard InChI is InChI=1S/C15H15F3N2O/c1-2-12-6-10(9-19)7-14(20-12)21-13-5-3-4-11(8-13)15(16,17)18/h3-8H,2,9,19H2,1H3. The van der Waals surface area contributed by atoms with E-state index in [2.05, 4.69) is 4.98 Å². The Kier molecular flexibility index (Phi) is 4.47. The van der Waals surface area contributed by atoms with Crippen molar-refractivity contribution >= 4 is 0 Å². The summed E-state index contributed by atoms with van der Waals surface area (Å²) < 4.78 is 43.4. The monoisotopic (exact) mass is 296 g/mol. The summed E-state index contributed by atoms with van der Waals surface area (Å²) in [5.74, 6) is 0.336. The van der Waals surface area contributed by atoms with Crippen molar-refractivity contribution in [2.24, 2.45) is 5.73 Å². The second-order valence-electron chi connectivity index (χ2n) is 4.49. The molecule has 2 aromatic rings. The zero-order valence-corrected chi connectivity index (χ0v) is 11.4. The predicted octanol–water partition coefficient (Wildman–Crippen LogP) is 3.91. The van der Waals surface area contributed by atoms with E-state index in [1.807, 2.05) is 13.0 Å². The van der Waals surface area contributed by atoms with Gasteiger partial charge in [-0.05, 0) is 36.2 Å². The summed E-state index contributed by atoms with van der Waals surface area (Å²) in [6, 6.07) is 8.16. The summed E-state index contributed by atoms with van der Waals surface area (Å²) in [4.78, 5) is 4.23. The van der Waals surface area contributed by atoms with Crippen LogP contribution in [0.3, 0.4) is 0 Å². The summed E-state index contributed by atoms with van der Waals surface area (Å²) in [6.45, 7) is 2.24. The fourth-order valence-electron chi connectivity index (χ4n) is 1.83. The summed E-state index contributed by atoms with van der Waals surface area (Å²) in [7, 11) is 0. The number of nitrogens with two attached hydrogens (primary N) is 1. The van der Waals surface area contributed by atoms with E-state index in [0.717, 1.165) is 23.4 Å². The summed E-state index contributed by atoms with van der Waals surface area (Å²) in [5.41, 5.74) is 6.43. The minimum Gasteiger partial charge on any atom is -0.439 e. The van der Waals surface area contributed by atoms with Crippen LogP contribution in [-0.2, 0) is 19.1 Å². The van der Waals surface area contributed by atoms with E-state index in [9.17, 15) is 13.2 Å². The second-order valence-corrected chi connectivity index (χ2v) is 4.49. The van der Waals surface area contributed by atoms with Crippen LogP contribution in [0.25, 0.3) is 0 Å². The molecule has 0 aliphatic rings. The maximum absolute atomic E-state index is 12.7. The molecule has 0 unspecified atom stereocenters. The van der Waals surface area contributed by atoms with Gasteiger partial charge in [0.05, 0.1) is 5.56 Å². The highest BCUT2D eigenvalue weighted by Crippen LogP contribution is 2.32. The lowest BCUT2D eigenvalue weighted by Crippen LogP contribution is -2.05. The van der Waals surface area contributed by atoms with E-state index in [4.69, 9.17) is 10.5 Å². The van der Waals surface area contributed by atoms with Gasteiger partial charge in [-0.25, -0.2) is 4.98 Å². The third-order valence-corrected chi connectivity index (χ3v) is 2.90. The highest BCUT2D eigenvalue weighted by atomic mass is 19.4. The fraction of sp³-hybridized carbons (Fsp3) is 0.267. The Labute approximate surface area is 120 Å². The number of benzene rings is 1. The van der Waals surface area contributed by atoms with Crippen molar-refractivity contribution in [1.82, 2.24) is 4.98 Å². The lowest BCUT2D eigenvalue weighted by molar-refractivity contribution is -0.137. The van der Waals surface area contributed by atoms with Gasteiger partial charge >= 0.3 is 6.18 Å². The molecule has 0 amide bonds. The van der Waals surface area contributed by atoms with E-state index >= 15 is 0 Å². The normalized spacial score (nSPS) is 11.5. The van der Waals surface area contributed by atoms with Crippen molar-refractivity contribution < 1.29 is 17.9 Å². The first-order valence-electron chi connectivity index (χ1n) is 6.47. The molecular formula is C15H15F3N2O. The van der Waals surface area contributed by atoms with Gasteiger partial charge in [0.2, 0.25) is 5.88 Å². The minimum atomic E-state index is -4.40. The SMILES string of the molecule is CCc1cc(CN)cc(Oc2cccc(C(F)(F)F)c2)n1. The number of halogens is 3. The lowest BCUT2D eigenvalue weighted by atomic mass is 10.2. The van der Waals surface area contributed by atoms with Gasteiger partial charge in [0, 0.05) is 18.3 Å². The molecule has 0 spiro atoms. The topological polar surface area (TPSA) is 48.1 Å². The molecular weight excluding hydrogens is 281 g/mol. The Balaban J connectivity index is 2.30. The second kappa shape index (κ2) is 6.13. The molecule has 0 saturated heterocycles. The Morgan fingerprint density at radius 2 is 1.95 bits per heavy atom. The number of pyridine rings is 1. The van der Waals surface area contributed by atoms with Gasteiger partial charge in [0.1, 0.15) is 5.75 Å². The van der Waals surface area contributed by atoms with E-state index in [0.29, 0.717) is 13.0 Å².